The maximum atomic E-state index is 11.8. The summed E-state index contributed by atoms with van der Waals surface area (Å²) in [6.07, 6.45) is 0.613. The van der Waals surface area contributed by atoms with Crippen LogP contribution < -0.4 is 5.30 Å². The van der Waals surface area contributed by atoms with Gasteiger partial charge in [-0.1, -0.05) is 76.6 Å². The predicted octanol–water partition coefficient (Wildman–Crippen LogP) is 5.07. The molecule has 0 saturated carbocycles. The van der Waals surface area contributed by atoms with Gasteiger partial charge in [0, 0.05) is 22.0 Å². The van der Waals surface area contributed by atoms with Gasteiger partial charge in [0.2, 0.25) is 5.30 Å². The molecule has 0 fully saturated rings. The predicted molar refractivity (Wildman–Crippen MR) is 98.3 cm³/mol. The first-order valence-electron chi connectivity index (χ1n) is 7.23. The van der Waals surface area contributed by atoms with Crippen LogP contribution in [0.3, 0.4) is 0 Å². The molecule has 0 aliphatic rings. The molecule has 3 aromatic carbocycles. The van der Waals surface area contributed by atoms with Crippen molar-refractivity contribution >= 4 is 29.3 Å². The van der Waals surface area contributed by atoms with E-state index >= 15 is 0 Å². The molecule has 0 heterocycles. The lowest BCUT2D eigenvalue weighted by Crippen LogP contribution is -2.09. The van der Waals surface area contributed by atoms with E-state index < -0.39 is 8.03 Å². The second-order valence-electron chi connectivity index (χ2n) is 5.22. The van der Waals surface area contributed by atoms with Crippen molar-refractivity contribution in [3.8, 4) is 11.1 Å². The van der Waals surface area contributed by atoms with Gasteiger partial charge in [0.05, 0.1) is 0 Å². The molecule has 0 bridgehead atoms. The van der Waals surface area contributed by atoms with Crippen molar-refractivity contribution in [2.24, 2.45) is 0 Å². The monoisotopic (exact) mass is 385 g/mol. The highest BCUT2D eigenvalue weighted by molar-refractivity contribution is 9.10. The fourth-order valence-electron chi connectivity index (χ4n) is 2.68. The Morgan fingerprint density at radius 3 is 2.09 bits per heavy atom. The average molecular weight is 386 g/mol. The van der Waals surface area contributed by atoms with Gasteiger partial charge in [-0.25, -0.2) is 0 Å². The number of hydrogen-bond acceptors (Lipinski definition) is 1. The van der Waals surface area contributed by atoms with Crippen molar-refractivity contribution in [3.05, 3.63) is 88.4 Å². The zero-order valence-corrected chi connectivity index (χ0v) is 14.8. The number of rotatable bonds is 4. The third-order valence-corrected chi connectivity index (χ3v) is 5.22. The first-order valence-corrected chi connectivity index (χ1v) is 9.24. The average Bonchev–Trinajstić information content (AvgIpc) is 2.56. The van der Waals surface area contributed by atoms with Gasteiger partial charge < -0.3 is 0 Å². The Labute approximate surface area is 144 Å². The van der Waals surface area contributed by atoms with Crippen molar-refractivity contribution in [1.82, 2.24) is 0 Å². The van der Waals surface area contributed by atoms with E-state index in [2.05, 4.69) is 15.9 Å². The summed E-state index contributed by atoms with van der Waals surface area (Å²) in [5.41, 5.74) is 4.01. The minimum Gasteiger partial charge on any atom is -0.156 e. The summed E-state index contributed by atoms with van der Waals surface area (Å²) >= 11 is 3.60. The van der Waals surface area contributed by atoms with Gasteiger partial charge in [0.15, 0.2) is 0 Å². The molecule has 1 unspecified atom stereocenters. The zero-order chi connectivity index (χ0) is 16.2. The van der Waals surface area contributed by atoms with E-state index in [1.807, 2.05) is 66.7 Å². The van der Waals surface area contributed by atoms with Crippen LogP contribution in [0.5, 0.6) is 0 Å². The SMILES string of the molecule is O=[P+](O)c1ccc(Br)c(-c2ccccc2)c1Cc1ccccc1. The van der Waals surface area contributed by atoms with E-state index in [-0.39, 0.29) is 0 Å². The van der Waals surface area contributed by atoms with Crippen LogP contribution in [0.1, 0.15) is 11.1 Å². The molecule has 0 saturated heterocycles. The van der Waals surface area contributed by atoms with E-state index in [0.717, 1.165) is 26.7 Å². The van der Waals surface area contributed by atoms with Crippen LogP contribution in [-0.2, 0) is 11.0 Å². The second-order valence-corrected chi connectivity index (χ2v) is 7.10. The quantitative estimate of drug-likeness (QED) is 0.636. The molecule has 0 aliphatic heterocycles. The van der Waals surface area contributed by atoms with Gasteiger partial charge in [-0.15, -0.1) is 0 Å². The second kappa shape index (κ2) is 7.18. The largest absolute Gasteiger partial charge is 0.546 e. The Balaban J connectivity index is 2.21. The highest BCUT2D eigenvalue weighted by Crippen LogP contribution is 2.35. The van der Waals surface area contributed by atoms with Gasteiger partial charge in [0.25, 0.3) is 0 Å². The summed E-state index contributed by atoms with van der Waals surface area (Å²) in [6.45, 7) is 0. The molecule has 23 heavy (non-hydrogen) atoms. The highest BCUT2D eigenvalue weighted by atomic mass is 79.9. The molecule has 0 aromatic heterocycles. The molecular weight excluding hydrogens is 371 g/mol. The lowest BCUT2D eigenvalue weighted by Gasteiger charge is -2.12. The first kappa shape index (κ1) is 16.1. The lowest BCUT2D eigenvalue weighted by atomic mass is 9.95. The third-order valence-electron chi connectivity index (χ3n) is 3.73. The summed E-state index contributed by atoms with van der Waals surface area (Å²) in [7, 11) is -2.40. The van der Waals surface area contributed by atoms with E-state index in [0.29, 0.717) is 11.7 Å². The summed E-state index contributed by atoms with van der Waals surface area (Å²) in [5.74, 6) is 0. The van der Waals surface area contributed by atoms with Crippen LogP contribution in [0.4, 0.5) is 0 Å². The molecule has 0 amide bonds. The molecule has 1 N–H and O–H groups in total. The lowest BCUT2D eigenvalue weighted by molar-refractivity contribution is 0.513. The van der Waals surface area contributed by atoms with Crippen LogP contribution in [0.2, 0.25) is 0 Å². The number of hydrogen-bond donors (Lipinski definition) is 1. The van der Waals surface area contributed by atoms with Crippen molar-refractivity contribution in [3.63, 3.8) is 0 Å². The summed E-state index contributed by atoms with van der Waals surface area (Å²) < 4.78 is 12.8. The Kier molecular flexibility index (Phi) is 5.02. The molecule has 4 heteroatoms. The zero-order valence-electron chi connectivity index (χ0n) is 12.3. The van der Waals surface area contributed by atoms with Gasteiger partial charge in [-0.2, -0.15) is 4.89 Å². The summed E-state index contributed by atoms with van der Waals surface area (Å²) in [4.78, 5) is 9.74. The van der Waals surface area contributed by atoms with Crippen LogP contribution in [-0.4, -0.2) is 4.89 Å². The van der Waals surface area contributed by atoms with E-state index in [1.54, 1.807) is 6.07 Å². The van der Waals surface area contributed by atoms with Crippen LogP contribution >= 0.6 is 24.0 Å². The number of halogens is 1. The van der Waals surface area contributed by atoms with Crippen LogP contribution in [0, 0.1) is 0 Å². The van der Waals surface area contributed by atoms with Gasteiger partial charge >= 0.3 is 8.03 Å². The summed E-state index contributed by atoms with van der Waals surface area (Å²) in [5, 5.41) is 0.492. The molecule has 3 rings (SSSR count). The topological polar surface area (TPSA) is 37.3 Å². The van der Waals surface area contributed by atoms with Gasteiger partial charge in [-0.3, -0.25) is 0 Å². The third kappa shape index (κ3) is 3.59. The minimum absolute atomic E-state index is 0.492. The smallest absolute Gasteiger partial charge is 0.156 e. The first-order chi connectivity index (χ1) is 11.2. The van der Waals surface area contributed by atoms with Gasteiger partial charge in [0.1, 0.15) is 0 Å². The normalized spacial score (nSPS) is 11.3. The molecule has 1 atom stereocenters. The molecule has 3 aromatic rings. The van der Waals surface area contributed by atoms with E-state index in [9.17, 15) is 9.46 Å². The summed E-state index contributed by atoms with van der Waals surface area (Å²) in [6, 6.07) is 23.5. The van der Waals surface area contributed by atoms with E-state index in [1.165, 1.54) is 0 Å². The maximum absolute atomic E-state index is 11.8. The molecule has 2 nitrogen and oxygen atoms in total. The van der Waals surface area contributed by atoms with Gasteiger partial charge in [-0.05, 0) is 27.8 Å². The van der Waals surface area contributed by atoms with Crippen LogP contribution in [0.15, 0.2) is 77.3 Å². The Morgan fingerprint density at radius 1 is 0.870 bits per heavy atom. The Bertz CT molecular complexity index is 833. The van der Waals surface area contributed by atoms with Crippen molar-refractivity contribution < 1.29 is 9.46 Å². The number of benzene rings is 3. The maximum Gasteiger partial charge on any atom is 0.546 e. The Morgan fingerprint density at radius 2 is 1.48 bits per heavy atom. The molecule has 114 valence electrons. The van der Waals surface area contributed by atoms with Crippen molar-refractivity contribution in [2.45, 2.75) is 6.42 Å². The highest BCUT2D eigenvalue weighted by Gasteiger charge is 2.26. The van der Waals surface area contributed by atoms with E-state index in [4.69, 9.17) is 0 Å². The fraction of sp³-hybridized carbons (Fsp3) is 0.0526. The molecule has 0 aliphatic carbocycles. The molecular formula is C19H15BrO2P+. The standard InChI is InChI=1S/C19H14BrO2P/c20-17-11-12-18(23(21)22)16(13-14-7-3-1-4-8-14)19(17)15-9-5-2-6-10-15/h1-12H,13H2/p+1. The molecule has 0 spiro atoms. The fourth-order valence-corrected chi connectivity index (χ4v) is 3.91. The Hall–Kier alpha value is -1.80. The molecule has 0 radical (unpaired) electrons. The van der Waals surface area contributed by atoms with Crippen molar-refractivity contribution in [1.29, 1.82) is 0 Å². The van der Waals surface area contributed by atoms with Crippen LogP contribution in [0.25, 0.3) is 11.1 Å². The minimum atomic E-state index is -2.40. The van der Waals surface area contributed by atoms with Crippen molar-refractivity contribution in [2.75, 3.05) is 0 Å².